The molecule has 1 unspecified atom stereocenters. The zero-order chi connectivity index (χ0) is 14.8. The van der Waals surface area contributed by atoms with Crippen LogP contribution >= 0.6 is 0 Å². The lowest BCUT2D eigenvalue weighted by molar-refractivity contribution is 0.0988. The van der Waals surface area contributed by atoms with Crippen LogP contribution in [0.4, 0.5) is 5.69 Å². The van der Waals surface area contributed by atoms with Gasteiger partial charge >= 0.3 is 0 Å². The number of carbonyl (C=O) groups excluding carboxylic acids is 1. The van der Waals surface area contributed by atoms with Crippen LogP contribution in [0.1, 0.15) is 35.2 Å². The molecular weight excluding hydrogens is 262 g/mol. The Balaban J connectivity index is 1.91. The Morgan fingerprint density at radius 1 is 1.19 bits per heavy atom. The van der Waals surface area contributed by atoms with Crippen molar-refractivity contribution < 1.29 is 9.53 Å². The Bertz CT molecular complexity index is 649. The molecule has 0 N–H and O–H groups in total. The monoisotopic (exact) mass is 281 g/mol. The molecule has 0 aliphatic carbocycles. The van der Waals surface area contributed by atoms with Crippen LogP contribution in [-0.4, -0.2) is 19.6 Å². The molecule has 0 fully saturated rings. The second-order valence-electron chi connectivity index (χ2n) is 5.31. The lowest BCUT2D eigenvalue weighted by Gasteiger charge is -2.18. The van der Waals surface area contributed by atoms with Crippen LogP contribution in [0.3, 0.4) is 0 Å². The standard InChI is InChI=1S/C18H19NO2/c1-3-13-12-19(17-7-5-4-6-16(13)17)18(20)14-8-10-15(21-2)11-9-14/h4-11,13H,3,12H2,1-2H3. The lowest BCUT2D eigenvalue weighted by Crippen LogP contribution is -2.29. The van der Waals surface area contributed by atoms with Gasteiger partial charge in [-0.05, 0) is 42.3 Å². The molecule has 1 aliphatic rings. The van der Waals surface area contributed by atoms with E-state index >= 15 is 0 Å². The molecule has 0 radical (unpaired) electrons. The van der Waals surface area contributed by atoms with E-state index < -0.39 is 0 Å². The molecule has 1 heterocycles. The average molecular weight is 281 g/mol. The van der Waals surface area contributed by atoms with Crippen molar-refractivity contribution in [3.8, 4) is 5.75 Å². The minimum atomic E-state index is 0.0565. The van der Waals surface area contributed by atoms with E-state index in [1.165, 1.54) is 5.56 Å². The molecule has 0 saturated carbocycles. The van der Waals surface area contributed by atoms with Gasteiger partial charge in [0.25, 0.3) is 5.91 Å². The van der Waals surface area contributed by atoms with E-state index in [0.29, 0.717) is 11.5 Å². The summed E-state index contributed by atoms with van der Waals surface area (Å²) in [5.74, 6) is 1.25. The third kappa shape index (κ3) is 2.40. The van der Waals surface area contributed by atoms with Crippen LogP contribution in [0.25, 0.3) is 0 Å². The summed E-state index contributed by atoms with van der Waals surface area (Å²) < 4.78 is 5.14. The minimum Gasteiger partial charge on any atom is -0.497 e. The van der Waals surface area contributed by atoms with Crippen molar-refractivity contribution in [3.63, 3.8) is 0 Å². The summed E-state index contributed by atoms with van der Waals surface area (Å²) in [5.41, 5.74) is 3.02. The van der Waals surface area contributed by atoms with Crippen LogP contribution in [-0.2, 0) is 0 Å². The summed E-state index contributed by atoms with van der Waals surface area (Å²) in [5, 5.41) is 0. The van der Waals surface area contributed by atoms with E-state index in [1.807, 2.05) is 47.4 Å². The van der Waals surface area contributed by atoms with Gasteiger partial charge < -0.3 is 9.64 Å². The van der Waals surface area contributed by atoms with Crippen LogP contribution in [0, 0.1) is 0 Å². The molecule has 0 aromatic heterocycles. The third-order valence-corrected chi connectivity index (χ3v) is 4.15. The second kappa shape index (κ2) is 5.60. The van der Waals surface area contributed by atoms with Gasteiger partial charge in [0, 0.05) is 23.7 Å². The topological polar surface area (TPSA) is 29.5 Å². The largest absolute Gasteiger partial charge is 0.497 e. The van der Waals surface area contributed by atoms with Crippen molar-refractivity contribution in [1.29, 1.82) is 0 Å². The number of para-hydroxylation sites is 1. The molecule has 21 heavy (non-hydrogen) atoms. The van der Waals surface area contributed by atoms with Crippen molar-refractivity contribution >= 4 is 11.6 Å². The Morgan fingerprint density at radius 2 is 1.90 bits per heavy atom. The number of amides is 1. The van der Waals surface area contributed by atoms with Crippen molar-refractivity contribution in [2.24, 2.45) is 0 Å². The summed E-state index contributed by atoms with van der Waals surface area (Å²) in [7, 11) is 1.62. The number of benzene rings is 2. The van der Waals surface area contributed by atoms with Gasteiger partial charge in [0.05, 0.1) is 7.11 Å². The number of rotatable bonds is 3. The van der Waals surface area contributed by atoms with Crippen LogP contribution in [0.5, 0.6) is 5.75 Å². The molecule has 3 nitrogen and oxygen atoms in total. The molecule has 0 saturated heterocycles. The average Bonchev–Trinajstić information content (AvgIpc) is 2.93. The van der Waals surface area contributed by atoms with Gasteiger partial charge in [-0.1, -0.05) is 25.1 Å². The van der Waals surface area contributed by atoms with Gasteiger partial charge in [-0.25, -0.2) is 0 Å². The van der Waals surface area contributed by atoms with Gasteiger partial charge in [-0.3, -0.25) is 4.79 Å². The summed E-state index contributed by atoms with van der Waals surface area (Å²) >= 11 is 0. The molecule has 2 aromatic carbocycles. The molecule has 1 aliphatic heterocycles. The first kappa shape index (κ1) is 13.7. The first-order valence-corrected chi connectivity index (χ1v) is 7.29. The fourth-order valence-electron chi connectivity index (χ4n) is 2.93. The molecule has 1 atom stereocenters. The fraction of sp³-hybridized carbons (Fsp3) is 0.278. The maximum Gasteiger partial charge on any atom is 0.258 e. The fourth-order valence-corrected chi connectivity index (χ4v) is 2.93. The van der Waals surface area contributed by atoms with Gasteiger partial charge in [0.15, 0.2) is 0 Å². The van der Waals surface area contributed by atoms with E-state index in [9.17, 15) is 4.79 Å². The Hall–Kier alpha value is -2.29. The van der Waals surface area contributed by atoms with Crippen molar-refractivity contribution in [2.45, 2.75) is 19.3 Å². The minimum absolute atomic E-state index is 0.0565. The smallest absolute Gasteiger partial charge is 0.258 e. The highest BCUT2D eigenvalue weighted by Crippen LogP contribution is 2.38. The highest BCUT2D eigenvalue weighted by Gasteiger charge is 2.31. The predicted molar refractivity (Wildman–Crippen MR) is 84.1 cm³/mol. The van der Waals surface area contributed by atoms with Crippen molar-refractivity contribution in [3.05, 3.63) is 59.7 Å². The van der Waals surface area contributed by atoms with Crippen molar-refractivity contribution in [2.75, 3.05) is 18.6 Å². The molecule has 0 bridgehead atoms. The summed E-state index contributed by atoms with van der Waals surface area (Å²) in [6, 6.07) is 15.5. The lowest BCUT2D eigenvalue weighted by atomic mass is 9.99. The van der Waals surface area contributed by atoms with E-state index in [1.54, 1.807) is 7.11 Å². The van der Waals surface area contributed by atoms with Crippen molar-refractivity contribution in [1.82, 2.24) is 0 Å². The first-order valence-electron chi connectivity index (χ1n) is 7.29. The van der Waals surface area contributed by atoms with Gasteiger partial charge in [0.1, 0.15) is 5.75 Å². The number of ether oxygens (including phenoxy) is 1. The van der Waals surface area contributed by atoms with Crippen LogP contribution < -0.4 is 9.64 Å². The number of nitrogens with zero attached hydrogens (tertiary/aromatic N) is 1. The Kier molecular flexibility index (Phi) is 3.65. The van der Waals surface area contributed by atoms with Gasteiger partial charge in [-0.15, -0.1) is 0 Å². The number of anilines is 1. The van der Waals surface area contributed by atoms with Crippen LogP contribution in [0.15, 0.2) is 48.5 Å². The molecule has 108 valence electrons. The van der Waals surface area contributed by atoms with Crippen LogP contribution in [0.2, 0.25) is 0 Å². The van der Waals surface area contributed by atoms with E-state index in [-0.39, 0.29) is 5.91 Å². The van der Waals surface area contributed by atoms with Gasteiger partial charge in [-0.2, -0.15) is 0 Å². The van der Waals surface area contributed by atoms with Gasteiger partial charge in [0.2, 0.25) is 0 Å². The quantitative estimate of drug-likeness (QED) is 0.855. The van der Waals surface area contributed by atoms with E-state index in [4.69, 9.17) is 4.74 Å². The second-order valence-corrected chi connectivity index (χ2v) is 5.31. The SMILES string of the molecule is CCC1CN(C(=O)c2ccc(OC)cc2)c2ccccc21. The number of carbonyl (C=O) groups is 1. The maximum absolute atomic E-state index is 12.8. The zero-order valence-corrected chi connectivity index (χ0v) is 12.4. The Labute approximate surface area is 125 Å². The Morgan fingerprint density at radius 3 is 2.57 bits per heavy atom. The summed E-state index contributed by atoms with van der Waals surface area (Å²) in [6.45, 7) is 2.93. The number of hydrogen-bond acceptors (Lipinski definition) is 2. The molecule has 0 spiro atoms. The molecule has 2 aromatic rings. The van der Waals surface area contributed by atoms with E-state index in [0.717, 1.165) is 24.4 Å². The number of hydrogen-bond donors (Lipinski definition) is 0. The summed E-state index contributed by atoms with van der Waals surface area (Å²) in [6.07, 6.45) is 1.05. The normalized spacial score (nSPS) is 16.7. The number of methoxy groups -OCH3 is 1. The highest BCUT2D eigenvalue weighted by atomic mass is 16.5. The maximum atomic E-state index is 12.8. The molecule has 3 rings (SSSR count). The molecule has 3 heteroatoms. The molecule has 1 amide bonds. The zero-order valence-electron chi connectivity index (χ0n) is 12.4. The summed E-state index contributed by atoms with van der Waals surface area (Å²) in [4.78, 5) is 14.7. The third-order valence-electron chi connectivity index (χ3n) is 4.15. The highest BCUT2D eigenvalue weighted by molar-refractivity contribution is 6.07. The molecular formula is C18H19NO2. The van der Waals surface area contributed by atoms with E-state index in [2.05, 4.69) is 13.0 Å². The first-order chi connectivity index (χ1) is 10.2. The predicted octanol–water partition coefficient (Wildman–Crippen LogP) is 3.85. The number of fused-ring (bicyclic) bond motifs is 1.